The summed E-state index contributed by atoms with van der Waals surface area (Å²) in [6.07, 6.45) is 4.76. The minimum atomic E-state index is -0.735. The topological polar surface area (TPSA) is 48.0 Å². The van der Waals surface area contributed by atoms with Crippen LogP contribution in [-0.2, 0) is 4.74 Å². The lowest BCUT2D eigenvalue weighted by atomic mass is 9.89. The molecule has 0 bridgehead atoms. The first kappa shape index (κ1) is 17.0. The largest absolute Gasteiger partial charge is 0.465 e. The molecule has 25 heavy (non-hydrogen) atoms. The van der Waals surface area contributed by atoms with Gasteiger partial charge in [0.2, 0.25) is 0 Å². The predicted octanol–water partition coefficient (Wildman–Crippen LogP) is 3.80. The second-order valence-electron chi connectivity index (χ2n) is 7.44. The van der Waals surface area contributed by atoms with Gasteiger partial charge in [0.25, 0.3) is 5.79 Å². The average Bonchev–Trinajstić information content (AvgIpc) is 3.40. The number of piperidine rings is 1. The van der Waals surface area contributed by atoms with E-state index in [-0.39, 0.29) is 0 Å². The van der Waals surface area contributed by atoms with Gasteiger partial charge >= 0.3 is 5.97 Å². The minimum absolute atomic E-state index is 0.298. The van der Waals surface area contributed by atoms with Crippen molar-refractivity contribution in [2.75, 3.05) is 20.2 Å². The summed E-state index contributed by atoms with van der Waals surface area (Å²) in [7, 11) is 1.36. The fraction of sp³-hybridized carbons (Fsp3) is 0.632. The van der Waals surface area contributed by atoms with Crippen molar-refractivity contribution in [1.82, 2.24) is 4.90 Å². The number of carbonyl (C=O) groups excluding carboxylic acids is 1. The molecule has 1 saturated carbocycles. The molecule has 136 valence electrons. The Bertz CT molecular complexity index is 710. The van der Waals surface area contributed by atoms with Crippen LogP contribution in [0.25, 0.3) is 0 Å². The molecule has 1 aliphatic carbocycles. The van der Waals surface area contributed by atoms with Gasteiger partial charge in [-0.25, -0.2) is 4.79 Å². The summed E-state index contributed by atoms with van der Waals surface area (Å²) in [5.41, 5.74) is 1.13. The number of benzene rings is 1. The summed E-state index contributed by atoms with van der Waals surface area (Å²) in [4.78, 5) is 14.6. The van der Waals surface area contributed by atoms with Crippen LogP contribution >= 0.6 is 11.6 Å². The summed E-state index contributed by atoms with van der Waals surface area (Å²) in [6.45, 7) is 6.01. The molecule has 1 unspecified atom stereocenters. The van der Waals surface area contributed by atoms with E-state index in [9.17, 15) is 4.79 Å². The number of halogens is 1. The molecule has 2 heterocycles. The van der Waals surface area contributed by atoms with Gasteiger partial charge in [-0.05, 0) is 51.8 Å². The molecular formula is C19H24ClNO4. The van der Waals surface area contributed by atoms with Crippen LogP contribution in [0.3, 0.4) is 0 Å². The van der Waals surface area contributed by atoms with Crippen LogP contribution in [0.15, 0.2) is 6.07 Å². The van der Waals surface area contributed by atoms with E-state index >= 15 is 0 Å². The monoisotopic (exact) mass is 365 g/mol. The minimum Gasteiger partial charge on any atom is -0.465 e. The fourth-order valence-electron chi connectivity index (χ4n) is 4.06. The maximum Gasteiger partial charge on any atom is 0.338 e. The van der Waals surface area contributed by atoms with Gasteiger partial charge in [0.15, 0.2) is 11.5 Å². The Labute approximate surface area is 153 Å². The van der Waals surface area contributed by atoms with Gasteiger partial charge in [0.05, 0.1) is 17.7 Å². The zero-order chi connectivity index (χ0) is 17.8. The van der Waals surface area contributed by atoms with Crippen LogP contribution in [0, 0.1) is 12.8 Å². The van der Waals surface area contributed by atoms with Crippen molar-refractivity contribution >= 4 is 17.6 Å². The number of nitrogens with zero attached hydrogens (tertiary/aromatic N) is 1. The smallest absolute Gasteiger partial charge is 0.338 e. The van der Waals surface area contributed by atoms with Gasteiger partial charge < -0.3 is 19.1 Å². The van der Waals surface area contributed by atoms with Gasteiger partial charge in [-0.15, -0.1) is 0 Å². The number of hydrogen-bond acceptors (Lipinski definition) is 5. The third-order valence-corrected chi connectivity index (χ3v) is 6.07. The van der Waals surface area contributed by atoms with Crippen molar-refractivity contribution < 1.29 is 19.0 Å². The van der Waals surface area contributed by atoms with E-state index in [4.69, 9.17) is 25.8 Å². The summed E-state index contributed by atoms with van der Waals surface area (Å²) in [5.74, 6) is 0.254. The molecule has 0 amide bonds. The first-order valence-electron chi connectivity index (χ1n) is 8.96. The first-order valence-corrected chi connectivity index (χ1v) is 9.34. The predicted molar refractivity (Wildman–Crippen MR) is 94.5 cm³/mol. The fourth-order valence-corrected chi connectivity index (χ4v) is 4.30. The molecule has 0 N–H and O–H groups in total. The van der Waals surface area contributed by atoms with E-state index in [2.05, 4.69) is 4.90 Å². The maximum atomic E-state index is 12.0. The molecule has 2 fully saturated rings. The third kappa shape index (κ3) is 2.87. The molecule has 0 aromatic heterocycles. The van der Waals surface area contributed by atoms with E-state index < -0.39 is 11.8 Å². The Morgan fingerprint density at radius 2 is 1.88 bits per heavy atom. The van der Waals surface area contributed by atoms with Crippen molar-refractivity contribution in [2.24, 2.45) is 5.92 Å². The van der Waals surface area contributed by atoms with E-state index in [0.29, 0.717) is 33.6 Å². The molecular weight excluding hydrogens is 342 g/mol. The van der Waals surface area contributed by atoms with Crippen LogP contribution in [0.1, 0.15) is 48.5 Å². The van der Waals surface area contributed by atoms with Crippen LogP contribution in [0.5, 0.6) is 11.5 Å². The molecule has 0 spiro atoms. The second-order valence-corrected chi connectivity index (χ2v) is 7.85. The summed E-state index contributed by atoms with van der Waals surface area (Å²) >= 11 is 6.37. The van der Waals surface area contributed by atoms with Gasteiger partial charge in [-0.1, -0.05) is 11.6 Å². The molecule has 2 aliphatic heterocycles. The zero-order valence-corrected chi connectivity index (χ0v) is 15.7. The van der Waals surface area contributed by atoms with Crippen molar-refractivity contribution in [3.05, 3.63) is 22.2 Å². The highest BCUT2D eigenvalue weighted by atomic mass is 35.5. The van der Waals surface area contributed by atoms with Crippen LogP contribution in [0.2, 0.25) is 5.02 Å². The molecule has 0 radical (unpaired) electrons. The van der Waals surface area contributed by atoms with Gasteiger partial charge in [-0.3, -0.25) is 0 Å². The van der Waals surface area contributed by atoms with Crippen LogP contribution in [-0.4, -0.2) is 42.9 Å². The number of hydrogen-bond donors (Lipinski definition) is 0. The lowest BCUT2D eigenvalue weighted by Gasteiger charge is -2.38. The highest BCUT2D eigenvalue weighted by Crippen LogP contribution is 2.51. The summed E-state index contributed by atoms with van der Waals surface area (Å²) < 4.78 is 17.3. The van der Waals surface area contributed by atoms with Crippen LogP contribution in [0.4, 0.5) is 0 Å². The van der Waals surface area contributed by atoms with Gasteiger partial charge in [-0.2, -0.15) is 0 Å². The first-order chi connectivity index (χ1) is 11.9. The number of rotatable bonds is 3. The molecule has 1 aromatic carbocycles. The average molecular weight is 366 g/mol. The van der Waals surface area contributed by atoms with Crippen molar-refractivity contribution in [3.63, 3.8) is 0 Å². The van der Waals surface area contributed by atoms with Crippen molar-refractivity contribution in [2.45, 2.75) is 51.4 Å². The Balaban J connectivity index is 1.56. The molecule has 1 aromatic rings. The van der Waals surface area contributed by atoms with E-state index in [1.165, 1.54) is 20.0 Å². The number of carbonyl (C=O) groups is 1. The molecule has 6 heteroatoms. The highest BCUT2D eigenvalue weighted by molar-refractivity contribution is 6.32. The highest BCUT2D eigenvalue weighted by Gasteiger charge is 2.48. The maximum absolute atomic E-state index is 12.0. The lowest BCUT2D eigenvalue weighted by molar-refractivity contribution is -0.125. The summed E-state index contributed by atoms with van der Waals surface area (Å²) in [6, 6.07) is 2.41. The van der Waals surface area contributed by atoms with Gasteiger partial charge in [0.1, 0.15) is 0 Å². The number of ether oxygens (including phenoxy) is 3. The Morgan fingerprint density at radius 3 is 2.48 bits per heavy atom. The lowest BCUT2D eigenvalue weighted by Crippen LogP contribution is -2.49. The second kappa shape index (κ2) is 6.06. The summed E-state index contributed by atoms with van der Waals surface area (Å²) in [5, 5.41) is 0.389. The Morgan fingerprint density at radius 1 is 1.24 bits per heavy atom. The van der Waals surface area contributed by atoms with E-state index in [0.717, 1.165) is 32.0 Å². The number of fused-ring (bicyclic) bond motifs is 1. The zero-order valence-electron chi connectivity index (χ0n) is 14.9. The van der Waals surface area contributed by atoms with Crippen molar-refractivity contribution in [1.29, 1.82) is 0 Å². The standard InChI is InChI=1S/C19H24ClNO4/c1-11-14(18(22)23-3)10-15(20)17-16(11)24-19(2,25-17)12-6-8-21(9-7-12)13-4-5-13/h10,12-13H,4-9H2,1-3H3. The molecule has 4 rings (SSSR count). The van der Waals surface area contributed by atoms with E-state index in [1.54, 1.807) is 6.07 Å². The number of methoxy groups -OCH3 is 1. The Kier molecular flexibility index (Phi) is 4.12. The molecule has 1 atom stereocenters. The molecule has 5 nitrogen and oxygen atoms in total. The number of likely N-dealkylation sites (tertiary alicyclic amines) is 1. The SMILES string of the molecule is COC(=O)c1cc(Cl)c2c(c1C)OC(C)(C1CCN(C3CC3)CC1)O2. The number of esters is 1. The van der Waals surface area contributed by atoms with Crippen molar-refractivity contribution in [3.8, 4) is 11.5 Å². The molecule has 3 aliphatic rings. The van der Waals surface area contributed by atoms with E-state index in [1.807, 2.05) is 13.8 Å². The van der Waals surface area contributed by atoms with Crippen LogP contribution < -0.4 is 9.47 Å². The quantitative estimate of drug-likeness (QED) is 0.762. The Hall–Kier alpha value is -1.46. The van der Waals surface area contributed by atoms with Gasteiger partial charge in [0, 0.05) is 24.4 Å². The third-order valence-electron chi connectivity index (χ3n) is 5.79. The normalized spacial score (nSPS) is 26.7. The molecule has 1 saturated heterocycles.